The fourth-order valence-corrected chi connectivity index (χ4v) is 3.19. The number of aryl methyl sites for hydroxylation is 1. The minimum atomic E-state index is -0.692. The summed E-state index contributed by atoms with van der Waals surface area (Å²) in [5, 5.41) is 7.56. The summed E-state index contributed by atoms with van der Waals surface area (Å²) >= 11 is 4.75. The van der Waals surface area contributed by atoms with Gasteiger partial charge in [0.15, 0.2) is 0 Å². The Hall–Kier alpha value is -1.80. The average molecular weight is 440 g/mol. The molecule has 0 radical (unpaired) electrons. The number of carbonyl (C=O) groups excluding carboxylic acids is 1. The van der Waals surface area contributed by atoms with Crippen molar-refractivity contribution in [2.24, 2.45) is 5.16 Å². The summed E-state index contributed by atoms with van der Waals surface area (Å²) in [6.07, 6.45) is 5.12. The predicted molar refractivity (Wildman–Crippen MR) is 110 cm³/mol. The van der Waals surface area contributed by atoms with Crippen molar-refractivity contribution in [3.63, 3.8) is 0 Å². The highest BCUT2D eigenvalue weighted by Gasteiger charge is 2.26. The van der Waals surface area contributed by atoms with E-state index in [1.165, 1.54) is 25.1 Å². The number of nitrogens with zero attached hydrogens (tertiary/aromatic N) is 2. The number of amides is 1. The maximum atomic E-state index is 12.6. The molecule has 0 aliphatic carbocycles. The van der Waals surface area contributed by atoms with E-state index in [9.17, 15) is 4.79 Å². The van der Waals surface area contributed by atoms with Crippen molar-refractivity contribution in [3.8, 4) is 5.75 Å². The van der Waals surface area contributed by atoms with E-state index in [2.05, 4.69) is 36.2 Å². The van der Waals surface area contributed by atoms with E-state index in [-0.39, 0.29) is 5.91 Å². The highest BCUT2D eigenvalue weighted by molar-refractivity contribution is 9.10. The Balaban J connectivity index is 2.20. The molecule has 2 rings (SSSR count). The summed E-state index contributed by atoms with van der Waals surface area (Å²) < 4.78 is 6.83. The van der Waals surface area contributed by atoms with Gasteiger partial charge in [-0.3, -0.25) is 9.78 Å². The van der Waals surface area contributed by atoms with Crippen molar-refractivity contribution in [1.82, 2.24) is 10.3 Å². The lowest BCUT2D eigenvalue weighted by atomic mass is 10.1. The maximum Gasteiger partial charge on any atom is 0.272 e. The highest BCUT2D eigenvalue weighted by Crippen LogP contribution is 2.27. The lowest BCUT2D eigenvalue weighted by molar-refractivity contribution is -0.125. The molecular weight excluding hydrogens is 418 g/mol. The number of rotatable bonds is 7. The monoisotopic (exact) mass is 439 g/mol. The van der Waals surface area contributed by atoms with Gasteiger partial charge < -0.3 is 14.9 Å². The van der Waals surface area contributed by atoms with Crippen LogP contribution in [-0.2, 0) is 9.63 Å². The molecule has 2 aromatic rings. The van der Waals surface area contributed by atoms with Crippen LogP contribution in [0.3, 0.4) is 0 Å². The number of nitrogens with one attached hydrogen (secondary N) is 1. The molecule has 8 heteroatoms. The quantitative estimate of drug-likeness (QED) is 0.402. The molecule has 6 nitrogen and oxygen atoms in total. The average Bonchev–Trinajstić information content (AvgIpc) is 2.57. The zero-order valence-electron chi connectivity index (χ0n) is 15.4. The summed E-state index contributed by atoms with van der Waals surface area (Å²) in [5.74, 6) is 0.378. The third kappa shape index (κ3) is 5.35. The van der Waals surface area contributed by atoms with Gasteiger partial charge in [-0.25, -0.2) is 0 Å². The molecule has 1 aromatic carbocycles. The Labute approximate surface area is 165 Å². The Morgan fingerprint density at radius 3 is 2.81 bits per heavy atom. The molecule has 1 heterocycles. The number of oxime groups is 1. The minimum Gasteiger partial charge on any atom is -0.470 e. The van der Waals surface area contributed by atoms with Crippen molar-refractivity contribution < 1.29 is 14.4 Å². The zero-order valence-corrected chi connectivity index (χ0v) is 17.8. The van der Waals surface area contributed by atoms with Gasteiger partial charge in [0.1, 0.15) is 12.9 Å². The van der Waals surface area contributed by atoms with Gasteiger partial charge in [0.25, 0.3) is 5.91 Å². The van der Waals surface area contributed by atoms with Crippen LogP contribution in [0.15, 0.2) is 34.0 Å². The molecule has 0 fully saturated rings. The lowest BCUT2D eigenvalue weighted by Gasteiger charge is -2.24. The second kappa shape index (κ2) is 8.73. The lowest BCUT2D eigenvalue weighted by Crippen LogP contribution is -2.49. The molecule has 0 bridgehead atoms. The van der Waals surface area contributed by atoms with Crippen LogP contribution < -0.4 is 10.1 Å². The van der Waals surface area contributed by atoms with Crippen LogP contribution in [0.5, 0.6) is 5.75 Å². The number of benzene rings is 1. The zero-order chi connectivity index (χ0) is 19.3. The van der Waals surface area contributed by atoms with E-state index in [0.29, 0.717) is 5.75 Å². The van der Waals surface area contributed by atoms with Gasteiger partial charge in [0, 0.05) is 16.1 Å². The van der Waals surface area contributed by atoms with Gasteiger partial charge in [-0.1, -0.05) is 5.16 Å². The normalized spacial score (nSPS) is 13.0. The summed E-state index contributed by atoms with van der Waals surface area (Å²) in [6, 6.07) is 5.74. The van der Waals surface area contributed by atoms with Gasteiger partial charge in [0.2, 0.25) is 5.44 Å². The maximum absolute atomic E-state index is 12.6. The van der Waals surface area contributed by atoms with Gasteiger partial charge in [-0.15, -0.1) is 11.8 Å². The van der Waals surface area contributed by atoms with E-state index in [0.717, 1.165) is 20.9 Å². The SMILES string of the molecule is CO/N=C/C(C)(C)NC(=O)C(Oc1cc(C)c2ncc(Br)cc2c1)SC. The molecule has 1 atom stereocenters. The molecule has 1 unspecified atom stereocenters. The first-order valence-corrected chi connectivity index (χ1v) is 9.99. The van der Waals surface area contributed by atoms with Crippen molar-refractivity contribution in [1.29, 1.82) is 0 Å². The van der Waals surface area contributed by atoms with Crippen molar-refractivity contribution in [2.45, 2.75) is 31.7 Å². The summed E-state index contributed by atoms with van der Waals surface area (Å²) in [6.45, 7) is 5.62. The van der Waals surface area contributed by atoms with E-state index >= 15 is 0 Å². The van der Waals surface area contributed by atoms with Gasteiger partial charge in [-0.05, 0) is 66.7 Å². The summed E-state index contributed by atoms with van der Waals surface area (Å²) in [4.78, 5) is 21.7. The Kier molecular flexibility index (Phi) is 6.88. The Morgan fingerprint density at radius 1 is 1.42 bits per heavy atom. The number of aromatic nitrogens is 1. The van der Waals surface area contributed by atoms with Gasteiger partial charge >= 0.3 is 0 Å². The molecule has 1 aromatic heterocycles. The Morgan fingerprint density at radius 2 is 2.15 bits per heavy atom. The van der Waals surface area contributed by atoms with Crippen LogP contribution in [0.4, 0.5) is 0 Å². The van der Waals surface area contributed by atoms with E-state index in [4.69, 9.17) is 4.74 Å². The largest absolute Gasteiger partial charge is 0.470 e. The number of ether oxygens (including phenoxy) is 1. The molecule has 1 amide bonds. The molecule has 0 aliphatic heterocycles. The van der Waals surface area contributed by atoms with E-state index in [1.54, 1.807) is 6.20 Å². The second-order valence-electron chi connectivity index (χ2n) is 6.28. The number of fused-ring (bicyclic) bond motifs is 1. The fraction of sp³-hybridized carbons (Fsp3) is 0.389. The summed E-state index contributed by atoms with van der Waals surface area (Å²) in [7, 11) is 1.46. The third-order valence-electron chi connectivity index (χ3n) is 3.51. The molecule has 0 aliphatic rings. The smallest absolute Gasteiger partial charge is 0.272 e. The molecular formula is C18H22BrN3O3S. The van der Waals surface area contributed by atoms with Crippen molar-refractivity contribution >= 4 is 50.7 Å². The molecule has 0 saturated heterocycles. The predicted octanol–water partition coefficient (Wildman–Crippen LogP) is 3.90. The Bertz CT molecular complexity index is 827. The highest BCUT2D eigenvalue weighted by atomic mass is 79.9. The van der Waals surface area contributed by atoms with Crippen molar-refractivity contribution in [2.75, 3.05) is 13.4 Å². The molecule has 0 spiro atoms. The van der Waals surface area contributed by atoms with Crippen LogP contribution in [0.1, 0.15) is 19.4 Å². The molecule has 140 valence electrons. The first-order chi connectivity index (χ1) is 12.3. The molecule has 26 heavy (non-hydrogen) atoms. The van der Waals surface area contributed by atoms with Crippen LogP contribution in [-0.4, -0.2) is 41.4 Å². The standard InChI is InChI=1S/C18H22BrN3O3S/c1-11-6-14(8-12-7-13(19)9-20-15(11)12)25-17(26-5)16(23)22-18(2,3)10-21-24-4/h6-10,17H,1-5H3,(H,22,23)/b21-10+. The topological polar surface area (TPSA) is 72.8 Å². The van der Waals surface area contributed by atoms with E-state index < -0.39 is 11.0 Å². The van der Waals surface area contributed by atoms with Crippen LogP contribution in [0.2, 0.25) is 0 Å². The number of pyridine rings is 1. The van der Waals surface area contributed by atoms with Crippen LogP contribution >= 0.6 is 27.7 Å². The number of carbonyl (C=O) groups is 1. The number of hydrogen-bond acceptors (Lipinski definition) is 6. The second-order valence-corrected chi connectivity index (χ2v) is 8.09. The van der Waals surface area contributed by atoms with Gasteiger partial charge in [-0.2, -0.15) is 0 Å². The summed E-state index contributed by atoms with van der Waals surface area (Å²) in [5.41, 5.74) is 0.543. The third-order valence-corrected chi connectivity index (χ3v) is 4.68. The van der Waals surface area contributed by atoms with Crippen molar-refractivity contribution in [3.05, 3.63) is 34.4 Å². The van der Waals surface area contributed by atoms with Crippen LogP contribution in [0.25, 0.3) is 10.9 Å². The molecule has 0 saturated carbocycles. The first-order valence-electron chi connectivity index (χ1n) is 7.91. The van der Waals surface area contributed by atoms with E-state index in [1.807, 2.05) is 45.2 Å². The number of thioether (sulfide) groups is 1. The molecule has 1 N–H and O–H groups in total. The van der Waals surface area contributed by atoms with Crippen LogP contribution in [0, 0.1) is 6.92 Å². The number of halogens is 1. The minimum absolute atomic E-state index is 0.241. The number of hydrogen-bond donors (Lipinski definition) is 1. The van der Waals surface area contributed by atoms with Gasteiger partial charge in [0.05, 0.1) is 17.3 Å². The first kappa shape index (κ1) is 20.5. The fourth-order valence-electron chi connectivity index (χ4n) is 2.36.